The molecule has 3 heterocycles. The maximum absolute atomic E-state index is 12.6. The summed E-state index contributed by atoms with van der Waals surface area (Å²) in [7, 11) is 1.93. The van der Waals surface area contributed by atoms with Crippen LogP contribution in [0.15, 0.2) is 12.1 Å². The van der Waals surface area contributed by atoms with Crippen molar-refractivity contribution in [1.29, 1.82) is 0 Å². The SMILES string of the molecule is Cc1ccc(C(=O)N2C3CCC2CC(O)C3)n1C. The van der Waals surface area contributed by atoms with E-state index in [1.807, 2.05) is 35.6 Å². The lowest BCUT2D eigenvalue weighted by molar-refractivity contribution is 0.0280. The third-order valence-corrected chi connectivity index (χ3v) is 4.53. The summed E-state index contributed by atoms with van der Waals surface area (Å²) in [5.74, 6) is 0.130. The summed E-state index contributed by atoms with van der Waals surface area (Å²) >= 11 is 0. The Kier molecular flexibility index (Phi) is 2.70. The zero-order valence-electron chi connectivity index (χ0n) is 11.0. The Morgan fingerprint density at radius 3 is 2.39 bits per heavy atom. The fraction of sp³-hybridized carbons (Fsp3) is 0.643. The van der Waals surface area contributed by atoms with Crippen LogP contribution in [0.5, 0.6) is 0 Å². The Bertz CT molecular complexity index is 466. The normalized spacial score (nSPS) is 30.8. The van der Waals surface area contributed by atoms with Crippen molar-refractivity contribution >= 4 is 5.91 Å². The molecule has 1 amide bonds. The summed E-state index contributed by atoms with van der Waals surface area (Å²) in [4.78, 5) is 14.6. The predicted molar refractivity (Wildman–Crippen MR) is 68.4 cm³/mol. The summed E-state index contributed by atoms with van der Waals surface area (Å²) in [5.41, 5.74) is 1.86. The second kappa shape index (κ2) is 4.12. The van der Waals surface area contributed by atoms with E-state index in [4.69, 9.17) is 0 Å². The molecule has 0 spiro atoms. The first-order chi connectivity index (χ1) is 8.58. The highest BCUT2D eigenvalue weighted by atomic mass is 16.3. The number of rotatable bonds is 1. The summed E-state index contributed by atoms with van der Waals surface area (Å²) in [6, 6.07) is 4.36. The molecule has 1 aromatic rings. The number of piperidine rings is 1. The standard InChI is InChI=1S/C14H20N2O2/c1-9-3-6-13(15(9)2)14(18)16-10-4-5-11(16)8-12(17)7-10/h3,6,10-12,17H,4-5,7-8H2,1-2H3. The molecule has 18 heavy (non-hydrogen) atoms. The van der Waals surface area contributed by atoms with Crippen LogP contribution in [0.1, 0.15) is 41.9 Å². The molecule has 98 valence electrons. The third-order valence-electron chi connectivity index (χ3n) is 4.53. The molecule has 3 rings (SSSR count). The number of amides is 1. The van der Waals surface area contributed by atoms with Crippen LogP contribution in [-0.4, -0.2) is 38.7 Å². The molecule has 2 fully saturated rings. The molecule has 0 aromatic carbocycles. The van der Waals surface area contributed by atoms with E-state index in [1.165, 1.54) is 0 Å². The summed E-state index contributed by atoms with van der Waals surface area (Å²) in [5, 5.41) is 9.78. The van der Waals surface area contributed by atoms with Gasteiger partial charge in [-0.25, -0.2) is 0 Å². The number of carbonyl (C=O) groups excluding carboxylic acids is 1. The lowest BCUT2D eigenvalue weighted by Gasteiger charge is -2.37. The van der Waals surface area contributed by atoms with Gasteiger partial charge in [0, 0.05) is 24.8 Å². The number of hydrogen-bond donors (Lipinski definition) is 1. The second-order valence-electron chi connectivity index (χ2n) is 5.64. The van der Waals surface area contributed by atoms with Crippen LogP contribution in [-0.2, 0) is 7.05 Å². The second-order valence-corrected chi connectivity index (χ2v) is 5.64. The van der Waals surface area contributed by atoms with Gasteiger partial charge in [0.05, 0.1) is 6.10 Å². The van der Waals surface area contributed by atoms with Gasteiger partial charge in [-0.15, -0.1) is 0 Å². The van der Waals surface area contributed by atoms with E-state index in [1.54, 1.807) is 0 Å². The van der Waals surface area contributed by atoms with E-state index in [0.717, 1.165) is 37.1 Å². The first-order valence-electron chi connectivity index (χ1n) is 6.71. The molecule has 4 heteroatoms. The quantitative estimate of drug-likeness (QED) is 0.818. The molecule has 1 aromatic heterocycles. The largest absolute Gasteiger partial charge is 0.393 e. The zero-order valence-corrected chi connectivity index (χ0v) is 11.0. The lowest BCUT2D eigenvalue weighted by Crippen LogP contribution is -2.48. The molecular weight excluding hydrogens is 228 g/mol. The van der Waals surface area contributed by atoms with E-state index in [0.29, 0.717) is 0 Å². The van der Waals surface area contributed by atoms with Gasteiger partial charge in [0.15, 0.2) is 0 Å². The molecule has 0 radical (unpaired) electrons. The maximum atomic E-state index is 12.6. The van der Waals surface area contributed by atoms with Gasteiger partial charge in [-0.3, -0.25) is 4.79 Å². The van der Waals surface area contributed by atoms with Crippen molar-refractivity contribution in [3.05, 3.63) is 23.5 Å². The van der Waals surface area contributed by atoms with Gasteiger partial charge in [0.2, 0.25) is 0 Å². The Morgan fingerprint density at radius 2 is 1.89 bits per heavy atom. The molecule has 4 nitrogen and oxygen atoms in total. The maximum Gasteiger partial charge on any atom is 0.270 e. The number of carbonyl (C=O) groups is 1. The highest BCUT2D eigenvalue weighted by molar-refractivity contribution is 5.93. The molecule has 0 aliphatic carbocycles. The number of nitrogens with zero attached hydrogens (tertiary/aromatic N) is 2. The van der Waals surface area contributed by atoms with Crippen LogP contribution >= 0.6 is 0 Å². The number of hydrogen-bond acceptors (Lipinski definition) is 2. The van der Waals surface area contributed by atoms with Gasteiger partial charge in [0.1, 0.15) is 5.69 Å². The monoisotopic (exact) mass is 248 g/mol. The van der Waals surface area contributed by atoms with E-state index in [2.05, 4.69) is 0 Å². The summed E-state index contributed by atoms with van der Waals surface area (Å²) in [6.07, 6.45) is 3.34. The van der Waals surface area contributed by atoms with E-state index in [9.17, 15) is 9.90 Å². The van der Waals surface area contributed by atoms with Crippen LogP contribution in [0.2, 0.25) is 0 Å². The van der Waals surface area contributed by atoms with Crippen molar-refractivity contribution in [2.24, 2.45) is 7.05 Å². The number of aryl methyl sites for hydroxylation is 1. The highest BCUT2D eigenvalue weighted by Gasteiger charge is 2.43. The molecule has 1 N–H and O–H groups in total. The van der Waals surface area contributed by atoms with Crippen molar-refractivity contribution in [2.75, 3.05) is 0 Å². The van der Waals surface area contributed by atoms with Crippen molar-refractivity contribution in [1.82, 2.24) is 9.47 Å². The van der Waals surface area contributed by atoms with Crippen molar-refractivity contribution in [3.63, 3.8) is 0 Å². The molecular formula is C14H20N2O2. The lowest BCUT2D eigenvalue weighted by atomic mass is 9.99. The summed E-state index contributed by atoms with van der Waals surface area (Å²) < 4.78 is 1.95. The van der Waals surface area contributed by atoms with Crippen molar-refractivity contribution in [3.8, 4) is 0 Å². The van der Waals surface area contributed by atoms with Crippen LogP contribution in [0.4, 0.5) is 0 Å². The van der Waals surface area contributed by atoms with Gasteiger partial charge in [-0.2, -0.15) is 0 Å². The Labute approximate surface area is 107 Å². The number of aromatic nitrogens is 1. The van der Waals surface area contributed by atoms with Crippen molar-refractivity contribution in [2.45, 2.75) is 50.8 Å². The fourth-order valence-electron chi connectivity index (χ4n) is 3.44. The van der Waals surface area contributed by atoms with E-state index in [-0.39, 0.29) is 24.1 Å². The van der Waals surface area contributed by atoms with Gasteiger partial charge in [-0.05, 0) is 44.7 Å². The number of aliphatic hydroxyl groups excluding tert-OH is 1. The molecule has 2 bridgehead atoms. The smallest absolute Gasteiger partial charge is 0.270 e. The fourth-order valence-corrected chi connectivity index (χ4v) is 3.44. The van der Waals surface area contributed by atoms with Crippen molar-refractivity contribution < 1.29 is 9.90 Å². The zero-order chi connectivity index (χ0) is 12.9. The van der Waals surface area contributed by atoms with Gasteiger partial charge < -0.3 is 14.6 Å². The number of fused-ring (bicyclic) bond motifs is 2. The topological polar surface area (TPSA) is 45.5 Å². The van der Waals surface area contributed by atoms with Crippen LogP contribution in [0, 0.1) is 6.92 Å². The number of aliphatic hydroxyl groups is 1. The molecule has 0 saturated carbocycles. The van der Waals surface area contributed by atoms with E-state index < -0.39 is 0 Å². The molecule has 2 unspecified atom stereocenters. The first kappa shape index (κ1) is 11.8. The minimum atomic E-state index is -0.221. The molecule has 2 saturated heterocycles. The predicted octanol–water partition coefficient (Wildman–Crippen LogP) is 1.46. The molecule has 2 atom stereocenters. The van der Waals surface area contributed by atoms with Gasteiger partial charge >= 0.3 is 0 Å². The van der Waals surface area contributed by atoms with Gasteiger partial charge in [-0.1, -0.05) is 0 Å². The van der Waals surface area contributed by atoms with Crippen LogP contribution in [0.3, 0.4) is 0 Å². The summed E-state index contributed by atoms with van der Waals surface area (Å²) in [6.45, 7) is 2.01. The first-order valence-corrected chi connectivity index (χ1v) is 6.71. The Balaban J connectivity index is 1.88. The average Bonchev–Trinajstić information content (AvgIpc) is 2.79. The highest BCUT2D eigenvalue weighted by Crippen LogP contribution is 2.36. The average molecular weight is 248 g/mol. The third kappa shape index (κ3) is 1.67. The van der Waals surface area contributed by atoms with E-state index >= 15 is 0 Å². The minimum Gasteiger partial charge on any atom is -0.393 e. The van der Waals surface area contributed by atoms with Gasteiger partial charge in [0.25, 0.3) is 5.91 Å². The minimum absolute atomic E-state index is 0.130. The van der Waals surface area contributed by atoms with Crippen LogP contribution in [0.25, 0.3) is 0 Å². The Morgan fingerprint density at radius 1 is 1.28 bits per heavy atom. The van der Waals surface area contributed by atoms with Crippen LogP contribution < -0.4 is 0 Å². The Hall–Kier alpha value is -1.29. The molecule has 2 aliphatic heterocycles. The molecule has 2 aliphatic rings.